The lowest BCUT2D eigenvalue weighted by Gasteiger charge is -2.33. The Bertz CT molecular complexity index is 1180. The zero-order chi connectivity index (χ0) is 27.6. The van der Waals surface area contributed by atoms with E-state index in [1.54, 1.807) is 7.05 Å². The first-order valence-electron chi connectivity index (χ1n) is 12.9. The monoisotopic (exact) mass is 532 g/mol. The molecule has 2 saturated heterocycles. The fourth-order valence-electron chi connectivity index (χ4n) is 5.23. The van der Waals surface area contributed by atoms with Gasteiger partial charge in [0.15, 0.2) is 0 Å². The molecule has 2 fully saturated rings. The molecule has 0 aliphatic carbocycles. The van der Waals surface area contributed by atoms with E-state index >= 15 is 0 Å². The molecule has 1 unspecified atom stereocenters. The highest BCUT2D eigenvalue weighted by molar-refractivity contribution is 6.09. The molecule has 1 aromatic carbocycles. The summed E-state index contributed by atoms with van der Waals surface area (Å²) in [7, 11) is 3.64. The first-order valence-corrected chi connectivity index (χ1v) is 12.9. The van der Waals surface area contributed by atoms with Gasteiger partial charge < -0.3 is 15.1 Å². The first kappa shape index (κ1) is 27.8. The Morgan fingerprint density at radius 2 is 1.87 bits per heavy atom. The van der Waals surface area contributed by atoms with Crippen LogP contribution in [0.1, 0.15) is 29.7 Å². The van der Waals surface area contributed by atoms with E-state index in [-0.39, 0.29) is 30.3 Å². The van der Waals surface area contributed by atoms with Crippen LogP contribution in [0, 0.1) is 13.8 Å². The van der Waals surface area contributed by atoms with Gasteiger partial charge >= 0.3 is 6.18 Å². The number of aromatic nitrogens is 1. The number of amides is 2. The molecule has 8 nitrogen and oxygen atoms in total. The van der Waals surface area contributed by atoms with Crippen LogP contribution in [0.5, 0.6) is 0 Å². The molecule has 0 spiro atoms. The predicted octanol–water partition coefficient (Wildman–Crippen LogP) is 3.22. The van der Waals surface area contributed by atoms with Crippen LogP contribution in [0.2, 0.25) is 0 Å². The van der Waals surface area contributed by atoms with Crippen molar-refractivity contribution in [1.82, 2.24) is 15.2 Å². The third-order valence-electron chi connectivity index (χ3n) is 7.26. The number of nitrogens with zero attached hydrogens (tertiary/aromatic N) is 5. The van der Waals surface area contributed by atoms with Gasteiger partial charge in [-0.1, -0.05) is 12.1 Å². The normalized spacial score (nSPS) is 18.7. The van der Waals surface area contributed by atoms with Crippen molar-refractivity contribution in [2.75, 3.05) is 68.1 Å². The number of alkyl halides is 3. The molecule has 3 heterocycles. The van der Waals surface area contributed by atoms with Gasteiger partial charge in [0.2, 0.25) is 11.8 Å². The molecule has 0 saturated carbocycles. The van der Waals surface area contributed by atoms with Crippen LogP contribution in [0.15, 0.2) is 30.3 Å². The molecule has 2 amide bonds. The molecule has 0 radical (unpaired) electrons. The summed E-state index contributed by atoms with van der Waals surface area (Å²) in [6.07, 6.45) is -4.32. The van der Waals surface area contributed by atoms with Crippen LogP contribution in [0.25, 0.3) is 0 Å². The number of aryl methyl sites for hydroxylation is 2. The van der Waals surface area contributed by atoms with Gasteiger partial charge in [-0.3, -0.25) is 19.4 Å². The second-order valence-electron chi connectivity index (χ2n) is 10.0. The summed E-state index contributed by atoms with van der Waals surface area (Å²) in [5.74, 6) is -0.931. The molecule has 1 atom stereocenters. The number of para-hydroxylation sites is 1. The lowest BCUT2D eigenvalue weighted by atomic mass is 10.1. The van der Waals surface area contributed by atoms with E-state index in [2.05, 4.69) is 20.1 Å². The van der Waals surface area contributed by atoms with Gasteiger partial charge in [-0.15, -0.1) is 0 Å². The number of nitrogens with one attached hydrogen (secondary N) is 1. The maximum Gasteiger partial charge on any atom is 0.416 e. The molecule has 4 rings (SSSR count). The Hall–Kier alpha value is -3.18. The van der Waals surface area contributed by atoms with Crippen molar-refractivity contribution >= 4 is 29.0 Å². The number of piperazine rings is 1. The van der Waals surface area contributed by atoms with Gasteiger partial charge in [-0.25, -0.2) is 4.98 Å². The van der Waals surface area contributed by atoms with E-state index in [1.165, 1.54) is 11.8 Å². The number of hydrogen-bond acceptors (Lipinski definition) is 6. The Labute approximate surface area is 221 Å². The molecule has 2 aromatic rings. The Balaban J connectivity index is 1.59. The molecule has 0 bridgehead atoms. The van der Waals surface area contributed by atoms with Crippen molar-refractivity contribution in [3.05, 3.63) is 47.2 Å². The maximum atomic E-state index is 13.8. The fraction of sp³-hybridized carbons (Fsp3) is 0.519. The zero-order valence-corrected chi connectivity index (χ0v) is 22.3. The van der Waals surface area contributed by atoms with Crippen molar-refractivity contribution in [3.63, 3.8) is 0 Å². The number of carbonyl (C=O) groups is 2. The largest absolute Gasteiger partial charge is 0.416 e. The molecular weight excluding hydrogens is 497 g/mol. The third-order valence-corrected chi connectivity index (χ3v) is 7.26. The van der Waals surface area contributed by atoms with Crippen LogP contribution >= 0.6 is 0 Å². The minimum absolute atomic E-state index is 0.0620. The highest BCUT2D eigenvalue weighted by Gasteiger charge is 2.41. The molecule has 2 aliphatic heterocycles. The van der Waals surface area contributed by atoms with Crippen molar-refractivity contribution in [2.45, 2.75) is 38.9 Å². The average molecular weight is 533 g/mol. The molecular formula is C27H35F3N6O2. The summed E-state index contributed by atoms with van der Waals surface area (Å²) < 4.78 is 40.4. The maximum absolute atomic E-state index is 13.8. The predicted molar refractivity (Wildman–Crippen MR) is 142 cm³/mol. The van der Waals surface area contributed by atoms with E-state index in [0.29, 0.717) is 5.69 Å². The van der Waals surface area contributed by atoms with Gasteiger partial charge in [-0.05, 0) is 44.0 Å². The average Bonchev–Trinajstić information content (AvgIpc) is 3.27. The van der Waals surface area contributed by atoms with Crippen LogP contribution < -0.4 is 20.0 Å². The second-order valence-corrected chi connectivity index (χ2v) is 10.0. The summed E-state index contributed by atoms with van der Waals surface area (Å²) in [6, 6.07) is 6.55. The lowest BCUT2D eigenvalue weighted by Crippen LogP contribution is -2.47. The number of halogens is 3. The zero-order valence-electron chi connectivity index (χ0n) is 22.3. The van der Waals surface area contributed by atoms with Gasteiger partial charge in [0.05, 0.1) is 16.9 Å². The van der Waals surface area contributed by atoms with E-state index in [1.807, 2.05) is 32.2 Å². The van der Waals surface area contributed by atoms with Crippen molar-refractivity contribution in [2.24, 2.45) is 0 Å². The number of likely N-dealkylation sites (N-methyl/N-ethyl adjacent to an activating group) is 2. The molecule has 1 aromatic heterocycles. The smallest absolute Gasteiger partial charge is 0.371 e. The van der Waals surface area contributed by atoms with E-state index < -0.39 is 23.7 Å². The first-order chi connectivity index (χ1) is 18.0. The van der Waals surface area contributed by atoms with Crippen LogP contribution in [-0.2, 0) is 15.8 Å². The van der Waals surface area contributed by atoms with Crippen molar-refractivity contribution < 1.29 is 22.8 Å². The number of pyridine rings is 1. The summed E-state index contributed by atoms with van der Waals surface area (Å²) >= 11 is 0. The summed E-state index contributed by atoms with van der Waals surface area (Å²) in [5, 5.41) is 3.35. The van der Waals surface area contributed by atoms with E-state index in [4.69, 9.17) is 0 Å². The minimum Gasteiger partial charge on any atom is -0.371 e. The van der Waals surface area contributed by atoms with Crippen LogP contribution in [-0.4, -0.2) is 81.1 Å². The summed E-state index contributed by atoms with van der Waals surface area (Å²) in [4.78, 5) is 37.9. The topological polar surface area (TPSA) is 72.0 Å². The Kier molecular flexibility index (Phi) is 8.27. The van der Waals surface area contributed by atoms with Crippen LogP contribution in [0.4, 0.5) is 30.4 Å². The van der Waals surface area contributed by atoms with E-state index in [0.717, 1.165) is 67.6 Å². The highest BCUT2D eigenvalue weighted by Crippen LogP contribution is 2.36. The standard InChI is InChI=1S/C27H35F3N6O2/c1-18-6-5-7-21(25(18)33(3)14-15-35-12-10-31-11-13-35)34(4)26(38)22-8-9-24(37)36(22)23-17-20(27(28,29)30)16-19(2)32-23/h5-7,16-17,22,31H,8-15H2,1-4H3. The number of benzene rings is 1. The number of hydrogen-bond donors (Lipinski definition) is 1. The SMILES string of the molecule is Cc1cc(C(F)(F)F)cc(N2C(=O)CCC2C(=O)N(C)c2cccc(C)c2N(C)CCN2CCNCC2)n1. The number of anilines is 3. The molecule has 2 aliphatic rings. The van der Waals surface area contributed by atoms with Gasteiger partial charge in [0.1, 0.15) is 11.9 Å². The van der Waals surface area contributed by atoms with Gasteiger partial charge in [0, 0.05) is 65.5 Å². The minimum atomic E-state index is -4.59. The number of rotatable bonds is 7. The quantitative estimate of drug-likeness (QED) is 0.591. The van der Waals surface area contributed by atoms with Crippen molar-refractivity contribution in [1.29, 1.82) is 0 Å². The molecule has 11 heteroatoms. The Morgan fingerprint density at radius 1 is 1.16 bits per heavy atom. The fourth-order valence-corrected chi connectivity index (χ4v) is 5.23. The Morgan fingerprint density at radius 3 is 2.55 bits per heavy atom. The summed E-state index contributed by atoms with van der Waals surface area (Å²) in [5.41, 5.74) is 1.82. The van der Waals surface area contributed by atoms with E-state index in [9.17, 15) is 22.8 Å². The second kappa shape index (κ2) is 11.3. The van der Waals surface area contributed by atoms with Crippen LogP contribution in [0.3, 0.4) is 0 Å². The molecule has 206 valence electrons. The molecule has 38 heavy (non-hydrogen) atoms. The number of carbonyl (C=O) groups excluding carboxylic acids is 2. The summed E-state index contributed by atoms with van der Waals surface area (Å²) in [6.45, 7) is 8.98. The third kappa shape index (κ3) is 5.94. The highest BCUT2D eigenvalue weighted by atomic mass is 19.4. The van der Waals surface area contributed by atoms with Gasteiger partial charge in [0.25, 0.3) is 0 Å². The van der Waals surface area contributed by atoms with Gasteiger partial charge in [-0.2, -0.15) is 13.2 Å². The lowest BCUT2D eigenvalue weighted by molar-refractivity contribution is -0.137. The molecule has 1 N–H and O–H groups in total. The van der Waals surface area contributed by atoms with Crippen molar-refractivity contribution in [3.8, 4) is 0 Å².